The maximum absolute atomic E-state index is 11.0. The molecule has 0 aliphatic heterocycles. The van der Waals surface area contributed by atoms with Crippen LogP contribution < -0.4 is 10.6 Å². The monoisotopic (exact) mass is 262 g/mol. The highest BCUT2D eigenvalue weighted by Crippen LogP contribution is 1.95. The molecular weight excluding hydrogens is 248 g/mol. The van der Waals surface area contributed by atoms with E-state index in [2.05, 4.69) is 33.1 Å². The van der Waals surface area contributed by atoms with Gasteiger partial charge in [0.15, 0.2) is 0 Å². The molecule has 1 unspecified atom stereocenters. The highest BCUT2D eigenvalue weighted by Gasteiger charge is 2.07. The van der Waals surface area contributed by atoms with Crippen LogP contribution in [0.15, 0.2) is 12.2 Å². The van der Waals surface area contributed by atoms with Crippen molar-refractivity contribution in [2.45, 2.75) is 18.7 Å². The molecule has 5 heteroatoms. The van der Waals surface area contributed by atoms with Crippen LogP contribution in [0.25, 0.3) is 0 Å². The van der Waals surface area contributed by atoms with Gasteiger partial charge in [-0.1, -0.05) is 22.5 Å². The molecule has 80 valence electrons. The van der Waals surface area contributed by atoms with Gasteiger partial charge in [-0.15, -0.1) is 0 Å². The highest BCUT2D eigenvalue weighted by atomic mass is 79.9. The van der Waals surface area contributed by atoms with E-state index < -0.39 is 0 Å². The van der Waals surface area contributed by atoms with Crippen LogP contribution in [0.3, 0.4) is 0 Å². The molecule has 0 radical (unpaired) electrons. The van der Waals surface area contributed by atoms with E-state index in [1.807, 2.05) is 0 Å². The maximum Gasteiger partial charge on any atom is 0.246 e. The number of nitrogens with one attached hydrogen (secondary N) is 2. The van der Waals surface area contributed by atoms with E-state index in [-0.39, 0.29) is 16.6 Å². The minimum absolute atomic E-state index is 0.0884. The predicted molar refractivity (Wildman–Crippen MR) is 59.2 cm³/mol. The molecule has 0 aromatic heterocycles. The van der Waals surface area contributed by atoms with Crippen LogP contribution in [0.5, 0.6) is 0 Å². The fourth-order valence-electron chi connectivity index (χ4n) is 0.653. The summed E-state index contributed by atoms with van der Waals surface area (Å²) in [6, 6.07) is 0. The highest BCUT2D eigenvalue weighted by molar-refractivity contribution is 9.10. The summed E-state index contributed by atoms with van der Waals surface area (Å²) >= 11 is 3.13. The fraction of sp³-hybridized carbons (Fsp3) is 0.556. The van der Waals surface area contributed by atoms with Crippen LogP contribution in [-0.4, -0.2) is 29.7 Å². The summed E-state index contributed by atoms with van der Waals surface area (Å²) in [6.07, 6.45) is 0. The van der Waals surface area contributed by atoms with Crippen LogP contribution in [0.4, 0.5) is 0 Å². The predicted octanol–water partition coefficient (Wildman–Crippen LogP) is 0.578. The van der Waals surface area contributed by atoms with Crippen molar-refractivity contribution >= 4 is 27.7 Å². The van der Waals surface area contributed by atoms with Gasteiger partial charge in [0.1, 0.15) is 0 Å². The molecule has 1 atom stereocenters. The zero-order valence-corrected chi connectivity index (χ0v) is 9.98. The maximum atomic E-state index is 11.0. The Kier molecular flexibility index (Phi) is 6.19. The molecule has 14 heavy (non-hydrogen) atoms. The number of rotatable bonds is 5. The zero-order chi connectivity index (χ0) is 11.1. The first-order valence-electron chi connectivity index (χ1n) is 4.30. The van der Waals surface area contributed by atoms with E-state index in [9.17, 15) is 9.59 Å². The van der Waals surface area contributed by atoms with E-state index >= 15 is 0 Å². The lowest BCUT2D eigenvalue weighted by Gasteiger charge is -2.07. The van der Waals surface area contributed by atoms with Gasteiger partial charge in [0, 0.05) is 18.7 Å². The first-order chi connectivity index (χ1) is 6.45. The van der Waals surface area contributed by atoms with Crippen molar-refractivity contribution in [2.75, 3.05) is 13.1 Å². The summed E-state index contributed by atoms with van der Waals surface area (Å²) < 4.78 is 0. The normalized spacial score (nSPS) is 11.6. The Morgan fingerprint density at radius 1 is 1.36 bits per heavy atom. The lowest BCUT2D eigenvalue weighted by atomic mass is 10.3. The topological polar surface area (TPSA) is 58.2 Å². The second kappa shape index (κ2) is 6.59. The Bertz CT molecular complexity index is 239. The van der Waals surface area contributed by atoms with Crippen molar-refractivity contribution < 1.29 is 9.59 Å². The lowest BCUT2D eigenvalue weighted by Crippen LogP contribution is -2.37. The molecule has 0 aliphatic carbocycles. The average molecular weight is 263 g/mol. The number of carbonyl (C=O) groups excluding carboxylic acids is 2. The van der Waals surface area contributed by atoms with Crippen molar-refractivity contribution in [2.24, 2.45) is 0 Å². The molecule has 0 saturated heterocycles. The summed E-state index contributed by atoms with van der Waals surface area (Å²) in [5, 5.41) is 5.25. The molecule has 0 fully saturated rings. The molecule has 0 heterocycles. The molecule has 0 bridgehead atoms. The van der Waals surface area contributed by atoms with E-state index in [0.717, 1.165) is 0 Å². The van der Waals surface area contributed by atoms with Gasteiger partial charge in [0.2, 0.25) is 11.8 Å². The smallest absolute Gasteiger partial charge is 0.246 e. The molecule has 0 spiro atoms. The first kappa shape index (κ1) is 13.2. The van der Waals surface area contributed by atoms with Crippen molar-refractivity contribution in [3.8, 4) is 0 Å². The molecule has 0 aliphatic rings. The van der Waals surface area contributed by atoms with Crippen LogP contribution in [0.2, 0.25) is 0 Å². The second-order valence-electron chi connectivity index (χ2n) is 2.94. The molecule has 0 rings (SSSR count). The van der Waals surface area contributed by atoms with Gasteiger partial charge < -0.3 is 10.6 Å². The van der Waals surface area contributed by atoms with Gasteiger partial charge >= 0.3 is 0 Å². The number of hydrogen-bond donors (Lipinski definition) is 2. The van der Waals surface area contributed by atoms with Gasteiger partial charge in [0.25, 0.3) is 0 Å². The van der Waals surface area contributed by atoms with E-state index in [1.54, 1.807) is 13.8 Å². The second-order valence-corrected chi connectivity index (χ2v) is 4.32. The third-order valence-corrected chi connectivity index (χ3v) is 1.87. The zero-order valence-electron chi connectivity index (χ0n) is 8.39. The summed E-state index contributed by atoms with van der Waals surface area (Å²) in [4.78, 5) is 21.8. The molecule has 0 saturated carbocycles. The SMILES string of the molecule is C=C(C)C(=O)NCCNC(=O)C(C)Br. The minimum Gasteiger partial charge on any atom is -0.353 e. The number of amides is 2. The molecule has 0 aromatic carbocycles. The number of alkyl halides is 1. The fourth-order valence-corrected chi connectivity index (χ4v) is 0.815. The van der Waals surface area contributed by atoms with Gasteiger partial charge in [-0.2, -0.15) is 0 Å². The summed E-state index contributed by atoms with van der Waals surface area (Å²) in [7, 11) is 0. The van der Waals surface area contributed by atoms with E-state index in [0.29, 0.717) is 18.7 Å². The largest absolute Gasteiger partial charge is 0.353 e. The molecule has 0 aromatic rings. The molecule has 4 nitrogen and oxygen atoms in total. The van der Waals surface area contributed by atoms with Gasteiger partial charge in [-0.05, 0) is 13.8 Å². The number of hydrogen-bond acceptors (Lipinski definition) is 2. The Labute approximate surface area is 92.3 Å². The molecule has 2 N–H and O–H groups in total. The molecule has 2 amide bonds. The number of halogens is 1. The Balaban J connectivity index is 3.52. The summed E-state index contributed by atoms with van der Waals surface area (Å²) in [5.41, 5.74) is 0.463. The molecular formula is C9H15BrN2O2. The van der Waals surface area contributed by atoms with Crippen LogP contribution in [0, 0.1) is 0 Å². The van der Waals surface area contributed by atoms with E-state index in [4.69, 9.17) is 0 Å². The van der Waals surface area contributed by atoms with Crippen LogP contribution in [-0.2, 0) is 9.59 Å². The number of carbonyl (C=O) groups is 2. The quantitative estimate of drug-likeness (QED) is 0.433. The average Bonchev–Trinajstić information content (AvgIpc) is 2.11. The van der Waals surface area contributed by atoms with Crippen LogP contribution >= 0.6 is 15.9 Å². The Morgan fingerprint density at radius 2 is 1.86 bits per heavy atom. The summed E-state index contributed by atoms with van der Waals surface area (Å²) in [6.45, 7) is 7.70. The van der Waals surface area contributed by atoms with Crippen molar-refractivity contribution in [3.05, 3.63) is 12.2 Å². The summed E-state index contributed by atoms with van der Waals surface area (Å²) in [5.74, 6) is -0.277. The van der Waals surface area contributed by atoms with Crippen molar-refractivity contribution in [1.29, 1.82) is 0 Å². The van der Waals surface area contributed by atoms with E-state index in [1.165, 1.54) is 0 Å². The minimum atomic E-state index is -0.209. The van der Waals surface area contributed by atoms with Crippen molar-refractivity contribution in [3.63, 3.8) is 0 Å². The van der Waals surface area contributed by atoms with Gasteiger partial charge in [0.05, 0.1) is 4.83 Å². The first-order valence-corrected chi connectivity index (χ1v) is 5.22. The third kappa shape index (κ3) is 5.75. The van der Waals surface area contributed by atoms with Gasteiger partial charge in [-0.3, -0.25) is 9.59 Å². The Hall–Kier alpha value is -0.840. The van der Waals surface area contributed by atoms with Gasteiger partial charge in [-0.25, -0.2) is 0 Å². The Morgan fingerprint density at radius 3 is 2.29 bits per heavy atom. The standard InChI is InChI=1S/C9H15BrN2O2/c1-6(2)8(13)11-4-5-12-9(14)7(3)10/h7H,1,4-5H2,2-3H3,(H,11,13)(H,12,14). The third-order valence-electron chi connectivity index (χ3n) is 1.46. The van der Waals surface area contributed by atoms with Crippen LogP contribution in [0.1, 0.15) is 13.8 Å². The van der Waals surface area contributed by atoms with Crippen molar-refractivity contribution in [1.82, 2.24) is 10.6 Å². The lowest BCUT2D eigenvalue weighted by molar-refractivity contribution is -0.121.